The number of benzene rings is 2. The fourth-order valence-corrected chi connectivity index (χ4v) is 3.02. The molecule has 0 atom stereocenters. The van der Waals surface area contributed by atoms with Crippen LogP contribution in [0.4, 0.5) is 8.78 Å². The van der Waals surface area contributed by atoms with Crippen LogP contribution in [0.1, 0.15) is 22.5 Å². The van der Waals surface area contributed by atoms with Crippen molar-refractivity contribution in [2.75, 3.05) is 0 Å². The van der Waals surface area contributed by atoms with E-state index in [9.17, 15) is 13.6 Å². The summed E-state index contributed by atoms with van der Waals surface area (Å²) in [5.41, 5.74) is 1.05. The summed E-state index contributed by atoms with van der Waals surface area (Å²) in [7, 11) is 0. The lowest BCUT2D eigenvalue weighted by atomic mass is 10.1. The quantitative estimate of drug-likeness (QED) is 0.592. The molecule has 0 radical (unpaired) electrons. The van der Waals surface area contributed by atoms with E-state index in [1.807, 2.05) is 6.07 Å². The molecule has 0 amide bonds. The van der Waals surface area contributed by atoms with Gasteiger partial charge in [-0.15, -0.1) is 0 Å². The summed E-state index contributed by atoms with van der Waals surface area (Å²) in [5, 5.41) is 9.00. The highest BCUT2D eigenvalue weighted by Gasteiger charge is 2.15. The zero-order valence-electron chi connectivity index (χ0n) is 14.7. The first-order chi connectivity index (χ1) is 13.4. The minimum atomic E-state index is -0.737. The van der Waals surface area contributed by atoms with E-state index >= 15 is 0 Å². The van der Waals surface area contributed by atoms with Gasteiger partial charge in [-0.25, -0.2) is 8.78 Å². The Bertz CT molecular complexity index is 1140. The van der Waals surface area contributed by atoms with E-state index in [1.165, 1.54) is 10.6 Å². The molecular weight excluding hydrogens is 432 g/mol. The SMILES string of the molecule is Cc1nc(OCc2ccc(F)cc2F)c(Br)c(=O)n1Cc1cccc(C#N)c1. The first kappa shape index (κ1) is 19.7. The molecule has 3 rings (SSSR count). The van der Waals surface area contributed by atoms with Gasteiger partial charge in [0.15, 0.2) is 0 Å². The molecule has 2 aromatic carbocycles. The Hall–Kier alpha value is -3.05. The molecule has 8 heteroatoms. The van der Waals surface area contributed by atoms with Crippen molar-refractivity contribution in [1.82, 2.24) is 9.55 Å². The molecule has 3 aromatic rings. The molecule has 1 aromatic heterocycles. The number of nitriles is 1. The number of ether oxygens (including phenoxy) is 1. The van der Waals surface area contributed by atoms with E-state index < -0.39 is 11.6 Å². The van der Waals surface area contributed by atoms with Gasteiger partial charge in [0.1, 0.15) is 28.5 Å². The maximum Gasteiger partial charge on any atom is 0.272 e. The van der Waals surface area contributed by atoms with Crippen molar-refractivity contribution in [2.24, 2.45) is 0 Å². The molecule has 0 saturated heterocycles. The third kappa shape index (κ3) is 4.26. The number of nitrogens with zero attached hydrogens (tertiary/aromatic N) is 3. The van der Waals surface area contributed by atoms with Gasteiger partial charge in [0, 0.05) is 11.6 Å². The van der Waals surface area contributed by atoms with Gasteiger partial charge in [0.25, 0.3) is 5.56 Å². The highest BCUT2D eigenvalue weighted by atomic mass is 79.9. The standard InChI is InChI=1S/C20H14BrF2N3O2/c1-12-25-19(28-11-15-5-6-16(22)8-17(15)23)18(21)20(27)26(12)10-14-4-2-3-13(7-14)9-24/h2-8H,10-11H2,1H3. The van der Waals surface area contributed by atoms with E-state index in [4.69, 9.17) is 10.00 Å². The van der Waals surface area contributed by atoms with Gasteiger partial charge in [-0.1, -0.05) is 12.1 Å². The molecule has 5 nitrogen and oxygen atoms in total. The number of halogens is 3. The molecule has 0 unspecified atom stereocenters. The highest BCUT2D eigenvalue weighted by Crippen LogP contribution is 2.21. The number of aryl methyl sites for hydroxylation is 1. The van der Waals surface area contributed by atoms with Crippen molar-refractivity contribution in [3.8, 4) is 11.9 Å². The second kappa shape index (κ2) is 8.31. The van der Waals surface area contributed by atoms with E-state index in [0.29, 0.717) is 11.4 Å². The molecule has 142 valence electrons. The van der Waals surface area contributed by atoms with Crippen LogP contribution in [0.3, 0.4) is 0 Å². The Morgan fingerprint density at radius 1 is 1.25 bits per heavy atom. The van der Waals surface area contributed by atoms with Gasteiger partial charge in [-0.2, -0.15) is 10.2 Å². The van der Waals surface area contributed by atoms with Crippen LogP contribution in [0.25, 0.3) is 0 Å². The Kier molecular flexibility index (Phi) is 5.85. The van der Waals surface area contributed by atoms with Crippen molar-refractivity contribution in [3.05, 3.63) is 91.4 Å². The maximum absolute atomic E-state index is 13.7. The van der Waals surface area contributed by atoms with Crippen LogP contribution < -0.4 is 10.3 Å². The number of aromatic nitrogens is 2. The van der Waals surface area contributed by atoms with Gasteiger partial charge in [-0.3, -0.25) is 9.36 Å². The summed E-state index contributed by atoms with van der Waals surface area (Å²) < 4.78 is 33.7. The van der Waals surface area contributed by atoms with Crippen molar-refractivity contribution in [3.63, 3.8) is 0 Å². The predicted molar refractivity (Wildman–Crippen MR) is 102 cm³/mol. The van der Waals surface area contributed by atoms with Gasteiger partial charge in [0.05, 0.1) is 18.2 Å². The van der Waals surface area contributed by atoms with Gasteiger partial charge in [0.2, 0.25) is 5.88 Å². The molecule has 28 heavy (non-hydrogen) atoms. The fourth-order valence-electron chi connectivity index (χ4n) is 2.60. The van der Waals surface area contributed by atoms with E-state index in [2.05, 4.69) is 27.0 Å². The third-order valence-corrected chi connectivity index (χ3v) is 4.73. The molecule has 0 aliphatic carbocycles. The number of rotatable bonds is 5. The lowest BCUT2D eigenvalue weighted by Crippen LogP contribution is -2.25. The molecule has 0 spiro atoms. The topological polar surface area (TPSA) is 67.9 Å². The van der Waals surface area contributed by atoms with Crippen LogP contribution in [0.2, 0.25) is 0 Å². The van der Waals surface area contributed by atoms with E-state index in [-0.39, 0.29) is 34.6 Å². The van der Waals surface area contributed by atoms with Crippen LogP contribution in [0, 0.1) is 29.9 Å². The molecule has 1 heterocycles. The third-order valence-electron chi connectivity index (χ3n) is 4.05. The maximum atomic E-state index is 13.7. The summed E-state index contributed by atoms with van der Waals surface area (Å²) in [5.74, 6) is -1.00. The zero-order valence-corrected chi connectivity index (χ0v) is 16.3. The second-order valence-corrected chi connectivity index (χ2v) is 6.80. The Balaban J connectivity index is 1.85. The monoisotopic (exact) mass is 445 g/mol. The molecule has 0 saturated carbocycles. The Morgan fingerprint density at radius 2 is 2.04 bits per heavy atom. The lowest BCUT2D eigenvalue weighted by molar-refractivity contribution is 0.282. The molecule has 0 N–H and O–H groups in total. The molecular formula is C20H14BrF2N3O2. The lowest BCUT2D eigenvalue weighted by Gasteiger charge is -2.14. The van der Waals surface area contributed by atoms with E-state index in [1.54, 1.807) is 25.1 Å². The minimum Gasteiger partial charge on any atom is -0.472 e. The predicted octanol–water partition coefficient (Wildman–Crippen LogP) is 4.09. The van der Waals surface area contributed by atoms with Crippen LogP contribution >= 0.6 is 15.9 Å². The van der Waals surface area contributed by atoms with E-state index in [0.717, 1.165) is 17.7 Å². The number of hydrogen-bond acceptors (Lipinski definition) is 4. The first-order valence-electron chi connectivity index (χ1n) is 8.21. The van der Waals surface area contributed by atoms with Crippen LogP contribution in [-0.2, 0) is 13.2 Å². The molecule has 0 aliphatic rings. The summed E-state index contributed by atoms with van der Waals surface area (Å²) in [6, 6.07) is 12.1. The highest BCUT2D eigenvalue weighted by molar-refractivity contribution is 9.10. The van der Waals surface area contributed by atoms with Gasteiger partial charge < -0.3 is 4.74 Å². The smallest absolute Gasteiger partial charge is 0.272 e. The summed E-state index contributed by atoms with van der Waals surface area (Å²) >= 11 is 3.18. The zero-order chi connectivity index (χ0) is 20.3. The number of hydrogen-bond donors (Lipinski definition) is 0. The van der Waals surface area contributed by atoms with Crippen molar-refractivity contribution in [2.45, 2.75) is 20.1 Å². The average Bonchev–Trinajstić information content (AvgIpc) is 2.68. The largest absolute Gasteiger partial charge is 0.472 e. The van der Waals surface area contributed by atoms with Crippen molar-refractivity contribution >= 4 is 15.9 Å². The Morgan fingerprint density at radius 3 is 2.75 bits per heavy atom. The van der Waals surface area contributed by atoms with Crippen molar-refractivity contribution < 1.29 is 13.5 Å². The normalized spacial score (nSPS) is 10.5. The summed E-state index contributed by atoms with van der Waals surface area (Å²) in [6.45, 7) is 1.68. The Labute approximate surface area is 168 Å². The summed E-state index contributed by atoms with van der Waals surface area (Å²) in [4.78, 5) is 17.0. The first-order valence-corrected chi connectivity index (χ1v) is 9.01. The van der Waals surface area contributed by atoms with Crippen LogP contribution in [-0.4, -0.2) is 9.55 Å². The van der Waals surface area contributed by atoms with Crippen LogP contribution in [0.5, 0.6) is 5.88 Å². The van der Waals surface area contributed by atoms with Gasteiger partial charge >= 0.3 is 0 Å². The summed E-state index contributed by atoms with van der Waals surface area (Å²) in [6.07, 6.45) is 0. The molecule has 0 bridgehead atoms. The minimum absolute atomic E-state index is 0.0215. The van der Waals surface area contributed by atoms with Gasteiger partial charge in [-0.05, 0) is 52.7 Å². The second-order valence-electron chi connectivity index (χ2n) is 6.01. The van der Waals surface area contributed by atoms with Crippen molar-refractivity contribution in [1.29, 1.82) is 5.26 Å². The fraction of sp³-hybridized carbons (Fsp3) is 0.150. The molecule has 0 aliphatic heterocycles. The molecule has 0 fully saturated rings. The van der Waals surface area contributed by atoms with Crippen LogP contribution in [0.15, 0.2) is 51.7 Å². The average molecular weight is 446 g/mol.